The molecule has 0 radical (unpaired) electrons. The summed E-state index contributed by atoms with van der Waals surface area (Å²) in [6.07, 6.45) is 0. The molecule has 1 heterocycles. The molecule has 84 valence electrons. The minimum Gasteiger partial charge on any atom is -0.383 e. The molecule has 16 heavy (non-hydrogen) atoms. The number of nitrogens with two attached hydrogens (primary N) is 1. The second kappa shape index (κ2) is 3.74. The van der Waals surface area contributed by atoms with Crippen LogP contribution in [0.15, 0.2) is 12.1 Å². The molecule has 0 atom stereocenters. The number of benzene rings is 1. The van der Waals surface area contributed by atoms with Crippen LogP contribution >= 0.6 is 0 Å². The molecule has 3 nitrogen and oxygen atoms in total. The molecule has 0 saturated carbocycles. The SMILES string of the molecule is Cc1cc(C)c2nc(C(C)C)nc(N)c2c1. The third-order valence-electron chi connectivity index (χ3n) is 2.70. The Morgan fingerprint density at radius 3 is 2.44 bits per heavy atom. The Labute approximate surface area is 95.7 Å². The highest BCUT2D eigenvalue weighted by Gasteiger charge is 2.10. The Morgan fingerprint density at radius 2 is 1.81 bits per heavy atom. The minimum atomic E-state index is 0.299. The quantitative estimate of drug-likeness (QED) is 0.795. The summed E-state index contributed by atoms with van der Waals surface area (Å²) >= 11 is 0. The number of hydrogen-bond acceptors (Lipinski definition) is 3. The minimum absolute atomic E-state index is 0.299. The van der Waals surface area contributed by atoms with Gasteiger partial charge in [-0.05, 0) is 31.0 Å². The lowest BCUT2D eigenvalue weighted by atomic mass is 10.1. The van der Waals surface area contributed by atoms with Crippen LogP contribution in [0.2, 0.25) is 0 Å². The van der Waals surface area contributed by atoms with Gasteiger partial charge < -0.3 is 5.73 Å². The van der Waals surface area contributed by atoms with Crippen LogP contribution in [0.25, 0.3) is 10.9 Å². The van der Waals surface area contributed by atoms with Crippen LogP contribution < -0.4 is 5.73 Å². The molecule has 0 saturated heterocycles. The van der Waals surface area contributed by atoms with Gasteiger partial charge in [0.1, 0.15) is 11.6 Å². The molecule has 3 heteroatoms. The van der Waals surface area contributed by atoms with Crippen molar-refractivity contribution < 1.29 is 0 Å². The van der Waals surface area contributed by atoms with Crippen molar-refractivity contribution >= 4 is 16.7 Å². The van der Waals surface area contributed by atoms with Gasteiger partial charge in [0.2, 0.25) is 0 Å². The molecule has 0 amide bonds. The molecular formula is C13H17N3. The fraction of sp³-hybridized carbons (Fsp3) is 0.385. The molecule has 0 fully saturated rings. The van der Waals surface area contributed by atoms with Crippen LogP contribution in [0.5, 0.6) is 0 Å². The zero-order valence-electron chi connectivity index (χ0n) is 10.2. The second-order valence-corrected chi connectivity index (χ2v) is 4.60. The van der Waals surface area contributed by atoms with Gasteiger partial charge in [-0.25, -0.2) is 9.97 Å². The van der Waals surface area contributed by atoms with Crippen LogP contribution in [-0.2, 0) is 0 Å². The summed E-state index contributed by atoms with van der Waals surface area (Å²) in [6.45, 7) is 8.27. The first-order valence-corrected chi connectivity index (χ1v) is 5.53. The number of hydrogen-bond donors (Lipinski definition) is 1. The molecule has 1 aromatic carbocycles. The Balaban J connectivity index is 2.82. The zero-order valence-corrected chi connectivity index (χ0v) is 10.2. The van der Waals surface area contributed by atoms with Gasteiger partial charge in [-0.15, -0.1) is 0 Å². The van der Waals surface area contributed by atoms with Crippen molar-refractivity contribution in [3.8, 4) is 0 Å². The van der Waals surface area contributed by atoms with Gasteiger partial charge in [0.15, 0.2) is 0 Å². The highest BCUT2D eigenvalue weighted by molar-refractivity contribution is 5.90. The summed E-state index contributed by atoms with van der Waals surface area (Å²) in [5.74, 6) is 1.70. The molecule has 0 spiro atoms. The van der Waals surface area contributed by atoms with Gasteiger partial charge >= 0.3 is 0 Å². The van der Waals surface area contributed by atoms with E-state index in [1.54, 1.807) is 0 Å². The van der Waals surface area contributed by atoms with E-state index in [2.05, 4.69) is 43.7 Å². The molecule has 2 aromatic rings. The number of nitrogens with zero attached hydrogens (tertiary/aromatic N) is 2. The van der Waals surface area contributed by atoms with Crippen molar-refractivity contribution in [2.75, 3.05) is 5.73 Å². The highest BCUT2D eigenvalue weighted by atomic mass is 15.0. The number of anilines is 1. The van der Waals surface area contributed by atoms with Crippen LogP contribution in [0.1, 0.15) is 36.7 Å². The first kappa shape index (κ1) is 10.9. The van der Waals surface area contributed by atoms with Crippen molar-refractivity contribution in [3.63, 3.8) is 0 Å². The summed E-state index contributed by atoms with van der Waals surface area (Å²) in [6, 6.07) is 4.17. The summed E-state index contributed by atoms with van der Waals surface area (Å²) in [5.41, 5.74) is 9.31. The molecule has 2 N–H and O–H groups in total. The fourth-order valence-electron chi connectivity index (χ4n) is 1.89. The molecule has 0 bridgehead atoms. The first-order valence-electron chi connectivity index (χ1n) is 5.53. The lowest BCUT2D eigenvalue weighted by molar-refractivity contribution is 0.785. The lowest BCUT2D eigenvalue weighted by Crippen LogP contribution is -2.03. The molecule has 2 rings (SSSR count). The Morgan fingerprint density at radius 1 is 1.12 bits per heavy atom. The Kier molecular flexibility index (Phi) is 2.54. The fourth-order valence-corrected chi connectivity index (χ4v) is 1.89. The third-order valence-corrected chi connectivity index (χ3v) is 2.70. The maximum Gasteiger partial charge on any atom is 0.135 e. The van der Waals surface area contributed by atoms with Crippen molar-refractivity contribution in [2.24, 2.45) is 0 Å². The van der Waals surface area contributed by atoms with Crippen LogP contribution in [-0.4, -0.2) is 9.97 Å². The van der Waals surface area contributed by atoms with Gasteiger partial charge in [-0.2, -0.15) is 0 Å². The Bertz CT molecular complexity index is 544. The summed E-state index contributed by atoms with van der Waals surface area (Å²) in [7, 11) is 0. The number of rotatable bonds is 1. The number of nitrogen functional groups attached to an aromatic ring is 1. The zero-order chi connectivity index (χ0) is 11.9. The summed E-state index contributed by atoms with van der Waals surface area (Å²) in [5, 5.41) is 0.960. The highest BCUT2D eigenvalue weighted by Crippen LogP contribution is 2.24. The second-order valence-electron chi connectivity index (χ2n) is 4.60. The predicted molar refractivity (Wildman–Crippen MR) is 67.5 cm³/mol. The van der Waals surface area contributed by atoms with Gasteiger partial charge in [0, 0.05) is 11.3 Å². The van der Waals surface area contributed by atoms with E-state index in [1.807, 2.05) is 6.07 Å². The largest absolute Gasteiger partial charge is 0.383 e. The Hall–Kier alpha value is -1.64. The van der Waals surface area contributed by atoms with Gasteiger partial charge in [-0.1, -0.05) is 19.9 Å². The normalized spacial score (nSPS) is 11.3. The summed E-state index contributed by atoms with van der Waals surface area (Å²) < 4.78 is 0. The third kappa shape index (κ3) is 1.73. The molecule has 0 unspecified atom stereocenters. The van der Waals surface area contributed by atoms with E-state index in [0.717, 1.165) is 22.3 Å². The lowest BCUT2D eigenvalue weighted by Gasteiger charge is -2.10. The summed E-state index contributed by atoms with van der Waals surface area (Å²) in [4.78, 5) is 8.93. The van der Waals surface area contributed by atoms with Crippen LogP contribution in [0.4, 0.5) is 5.82 Å². The average molecular weight is 215 g/mol. The van der Waals surface area contributed by atoms with Gasteiger partial charge in [-0.3, -0.25) is 0 Å². The average Bonchev–Trinajstić information content (AvgIpc) is 2.19. The maximum absolute atomic E-state index is 5.98. The molecule has 0 aliphatic heterocycles. The van der Waals surface area contributed by atoms with Crippen molar-refractivity contribution in [1.82, 2.24) is 9.97 Å². The molecule has 0 aliphatic rings. The topological polar surface area (TPSA) is 51.8 Å². The van der Waals surface area contributed by atoms with E-state index in [4.69, 9.17) is 5.73 Å². The van der Waals surface area contributed by atoms with Crippen molar-refractivity contribution in [1.29, 1.82) is 0 Å². The number of fused-ring (bicyclic) bond motifs is 1. The first-order chi connectivity index (χ1) is 7.49. The molecule has 1 aromatic heterocycles. The predicted octanol–water partition coefficient (Wildman–Crippen LogP) is 2.95. The monoisotopic (exact) mass is 215 g/mol. The van der Waals surface area contributed by atoms with E-state index in [-0.39, 0.29) is 0 Å². The number of aromatic nitrogens is 2. The van der Waals surface area contributed by atoms with Gasteiger partial charge in [0.25, 0.3) is 0 Å². The van der Waals surface area contributed by atoms with E-state index < -0.39 is 0 Å². The van der Waals surface area contributed by atoms with E-state index in [9.17, 15) is 0 Å². The van der Waals surface area contributed by atoms with Gasteiger partial charge in [0.05, 0.1) is 5.52 Å². The smallest absolute Gasteiger partial charge is 0.135 e. The molecular weight excluding hydrogens is 198 g/mol. The maximum atomic E-state index is 5.98. The van der Waals surface area contributed by atoms with Crippen molar-refractivity contribution in [3.05, 3.63) is 29.1 Å². The van der Waals surface area contributed by atoms with Crippen LogP contribution in [0.3, 0.4) is 0 Å². The molecule has 0 aliphatic carbocycles. The van der Waals surface area contributed by atoms with E-state index >= 15 is 0 Å². The van der Waals surface area contributed by atoms with Crippen molar-refractivity contribution in [2.45, 2.75) is 33.6 Å². The van der Waals surface area contributed by atoms with E-state index in [0.29, 0.717) is 11.7 Å². The van der Waals surface area contributed by atoms with Crippen LogP contribution in [0, 0.1) is 13.8 Å². The van der Waals surface area contributed by atoms with E-state index in [1.165, 1.54) is 5.56 Å². The standard InChI is InChI=1S/C13H17N3/c1-7(2)13-15-11-9(4)5-8(3)6-10(11)12(14)16-13/h5-7H,1-4H3,(H2,14,15,16). The number of aryl methyl sites for hydroxylation is 2.